The first-order chi connectivity index (χ1) is 12.4. The normalized spacial score (nSPS) is 10.7. The van der Waals surface area contributed by atoms with Crippen molar-refractivity contribution in [1.29, 1.82) is 0 Å². The molecule has 0 saturated carbocycles. The third-order valence-corrected chi connectivity index (χ3v) is 6.00. The van der Waals surface area contributed by atoms with Gasteiger partial charge in [0.1, 0.15) is 9.88 Å². The summed E-state index contributed by atoms with van der Waals surface area (Å²) < 4.78 is 0. The molecule has 0 unspecified atom stereocenters. The third-order valence-electron chi connectivity index (χ3n) is 3.75. The standard InChI is InChI=1S/C17H14ClN3O3S2/c1-10-15(26-16(19-10)11-5-6-25-9-11)17(22)20(2)8-12-7-13(21(23)24)3-4-14(12)18/h3-7,9H,8H2,1-2H3. The Kier molecular flexibility index (Phi) is 5.36. The van der Waals surface area contributed by atoms with Gasteiger partial charge in [-0.15, -0.1) is 11.3 Å². The third kappa shape index (κ3) is 3.77. The fourth-order valence-electron chi connectivity index (χ4n) is 2.40. The van der Waals surface area contributed by atoms with Gasteiger partial charge in [-0.05, 0) is 30.0 Å². The van der Waals surface area contributed by atoms with Crippen LogP contribution in [0.4, 0.5) is 5.69 Å². The average molecular weight is 408 g/mol. The van der Waals surface area contributed by atoms with Crippen LogP contribution in [0.25, 0.3) is 10.6 Å². The molecule has 3 rings (SSSR count). The number of amides is 1. The second-order valence-electron chi connectivity index (χ2n) is 5.64. The minimum Gasteiger partial charge on any atom is -0.337 e. The van der Waals surface area contributed by atoms with Gasteiger partial charge in [-0.3, -0.25) is 14.9 Å². The summed E-state index contributed by atoms with van der Waals surface area (Å²) in [7, 11) is 1.64. The SMILES string of the molecule is Cc1nc(-c2ccsc2)sc1C(=O)N(C)Cc1cc([N+](=O)[O-])ccc1Cl. The van der Waals surface area contributed by atoms with E-state index in [-0.39, 0.29) is 18.1 Å². The van der Waals surface area contributed by atoms with Crippen molar-refractivity contribution in [2.45, 2.75) is 13.5 Å². The van der Waals surface area contributed by atoms with Crippen LogP contribution in [-0.2, 0) is 6.54 Å². The molecule has 9 heteroatoms. The molecule has 6 nitrogen and oxygen atoms in total. The van der Waals surface area contributed by atoms with Crippen LogP contribution >= 0.6 is 34.3 Å². The molecular weight excluding hydrogens is 394 g/mol. The van der Waals surface area contributed by atoms with Crippen LogP contribution in [0.2, 0.25) is 5.02 Å². The average Bonchev–Trinajstić information content (AvgIpc) is 3.25. The number of nitrogens with zero attached hydrogens (tertiary/aromatic N) is 3. The van der Waals surface area contributed by atoms with Gasteiger partial charge >= 0.3 is 0 Å². The van der Waals surface area contributed by atoms with E-state index in [9.17, 15) is 14.9 Å². The number of halogens is 1. The maximum atomic E-state index is 12.8. The number of carbonyl (C=O) groups is 1. The van der Waals surface area contributed by atoms with Gasteiger partial charge in [0.15, 0.2) is 0 Å². The highest BCUT2D eigenvalue weighted by molar-refractivity contribution is 7.17. The van der Waals surface area contributed by atoms with Crippen molar-refractivity contribution in [1.82, 2.24) is 9.88 Å². The molecule has 0 atom stereocenters. The number of rotatable bonds is 5. The van der Waals surface area contributed by atoms with E-state index in [4.69, 9.17) is 11.6 Å². The minimum absolute atomic E-state index is 0.0565. The quantitative estimate of drug-likeness (QED) is 0.439. The highest BCUT2D eigenvalue weighted by Gasteiger charge is 2.21. The van der Waals surface area contributed by atoms with Gasteiger partial charge in [-0.25, -0.2) is 4.98 Å². The number of hydrogen-bond donors (Lipinski definition) is 0. The van der Waals surface area contributed by atoms with E-state index < -0.39 is 4.92 Å². The maximum Gasteiger partial charge on any atom is 0.269 e. The molecule has 0 fully saturated rings. The van der Waals surface area contributed by atoms with Crippen molar-refractivity contribution < 1.29 is 9.72 Å². The van der Waals surface area contributed by atoms with E-state index in [1.54, 1.807) is 25.3 Å². The second kappa shape index (κ2) is 7.53. The highest BCUT2D eigenvalue weighted by atomic mass is 35.5. The van der Waals surface area contributed by atoms with Crippen molar-refractivity contribution in [3.63, 3.8) is 0 Å². The number of non-ortho nitro benzene ring substituents is 1. The molecule has 0 radical (unpaired) electrons. The number of nitro benzene ring substituents is 1. The molecule has 0 aliphatic rings. The number of thiophene rings is 1. The monoisotopic (exact) mass is 407 g/mol. The van der Waals surface area contributed by atoms with Gasteiger partial charge in [-0.2, -0.15) is 11.3 Å². The molecule has 1 aromatic carbocycles. The molecule has 2 heterocycles. The van der Waals surface area contributed by atoms with Gasteiger partial charge in [0.25, 0.3) is 11.6 Å². The van der Waals surface area contributed by atoms with Crippen molar-refractivity contribution in [2.24, 2.45) is 0 Å². The number of aromatic nitrogens is 1. The lowest BCUT2D eigenvalue weighted by atomic mass is 10.2. The predicted octanol–water partition coefficient (Wildman–Crippen LogP) is 5.01. The molecule has 0 saturated heterocycles. The fraction of sp³-hybridized carbons (Fsp3) is 0.176. The van der Waals surface area contributed by atoms with Crippen LogP contribution < -0.4 is 0 Å². The topological polar surface area (TPSA) is 76.3 Å². The Balaban J connectivity index is 1.83. The fourth-order valence-corrected chi connectivity index (χ4v) is 4.35. The van der Waals surface area contributed by atoms with Crippen LogP contribution in [0.1, 0.15) is 20.9 Å². The molecule has 2 aromatic heterocycles. The Labute approximate surface area is 162 Å². The maximum absolute atomic E-state index is 12.8. The van der Waals surface area contributed by atoms with Crippen molar-refractivity contribution in [3.8, 4) is 10.6 Å². The number of carbonyl (C=O) groups excluding carboxylic acids is 1. The van der Waals surface area contributed by atoms with E-state index in [2.05, 4.69) is 4.98 Å². The van der Waals surface area contributed by atoms with Crippen LogP contribution in [0.15, 0.2) is 35.0 Å². The first-order valence-electron chi connectivity index (χ1n) is 7.55. The zero-order valence-electron chi connectivity index (χ0n) is 13.9. The summed E-state index contributed by atoms with van der Waals surface area (Å²) in [6.45, 7) is 1.97. The number of benzene rings is 1. The van der Waals surface area contributed by atoms with E-state index in [1.807, 2.05) is 16.8 Å². The van der Waals surface area contributed by atoms with Crippen LogP contribution in [0, 0.1) is 17.0 Å². The van der Waals surface area contributed by atoms with Gasteiger partial charge < -0.3 is 4.90 Å². The van der Waals surface area contributed by atoms with Crippen LogP contribution in [0.3, 0.4) is 0 Å². The van der Waals surface area contributed by atoms with Gasteiger partial charge in [0.05, 0.1) is 10.6 Å². The van der Waals surface area contributed by atoms with Crippen molar-refractivity contribution >= 4 is 45.9 Å². The lowest BCUT2D eigenvalue weighted by molar-refractivity contribution is -0.384. The molecule has 3 aromatic rings. The summed E-state index contributed by atoms with van der Waals surface area (Å²) in [5.74, 6) is -0.191. The minimum atomic E-state index is -0.484. The molecule has 0 spiro atoms. The zero-order chi connectivity index (χ0) is 18.8. The van der Waals surface area contributed by atoms with E-state index in [0.29, 0.717) is 21.2 Å². The molecule has 1 amide bonds. The van der Waals surface area contributed by atoms with E-state index in [1.165, 1.54) is 34.4 Å². The van der Waals surface area contributed by atoms with Crippen LogP contribution in [0.5, 0.6) is 0 Å². The van der Waals surface area contributed by atoms with Gasteiger partial charge in [0, 0.05) is 41.7 Å². The smallest absolute Gasteiger partial charge is 0.269 e. The Morgan fingerprint density at radius 1 is 1.38 bits per heavy atom. The first kappa shape index (κ1) is 18.5. The summed E-state index contributed by atoms with van der Waals surface area (Å²) >= 11 is 9.04. The van der Waals surface area contributed by atoms with E-state index >= 15 is 0 Å². The molecule has 0 aliphatic carbocycles. The molecular formula is C17H14ClN3O3S2. The van der Waals surface area contributed by atoms with E-state index in [0.717, 1.165) is 10.6 Å². The Morgan fingerprint density at radius 3 is 2.81 bits per heavy atom. The molecule has 0 N–H and O–H groups in total. The Hall–Kier alpha value is -2.29. The van der Waals surface area contributed by atoms with Gasteiger partial charge in [-0.1, -0.05) is 11.6 Å². The summed E-state index contributed by atoms with van der Waals surface area (Å²) in [6.07, 6.45) is 0. The molecule has 0 bridgehead atoms. The second-order valence-corrected chi connectivity index (χ2v) is 7.83. The lowest BCUT2D eigenvalue weighted by Gasteiger charge is -2.17. The molecule has 134 valence electrons. The summed E-state index contributed by atoms with van der Waals surface area (Å²) in [4.78, 5) is 29.8. The van der Waals surface area contributed by atoms with Crippen LogP contribution in [-0.4, -0.2) is 27.8 Å². The summed E-state index contributed by atoms with van der Waals surface area (Å²) in [6, 6.07) is 6.17. The van der Waals surface area contributed by atoms with Gasteiger partial charge in [0.2, 0.25) is 0 Å². The zero-order valence-corrected chi connectivity index (χ0v) is 16.3. The lowest BCUT2D eigenvalue weighted by Crippen LogP contribution is -2.26. The number of hydrogen-bond acceptors (Lipinski definition) is 6. The summed E-state index contributed by atoms with van der Waals surface area (Å²) in [5, 5.41) is 16.1. The highest BCUT2D eigenvalue weighted by Crippen LogP contribution is 2.30. The first-order valence-corrected chi connectivity index (χ1v) is 9.69. The summed E-state index contributed by atoms with van der Waals surface area (Å²) in [5.41, 5.74) is 2.13. The Bertz CT molecular complexity index is 970. The largest absolute Gasteiger partial charge is 0.337 e. The number of thiazole rings is 1. The Morgan fingerprint density at radius 2 is 2.15 bits per heavy atom. The molecule has 0 aliphatic heterocycles. The van der Waals surface area contributed by atoms with Crippen molar-refractivity contribution in [3.05, 3.63) is 66.3 Å². The van der Waals surface area contributed by atoms with Crippen molar-refractivity contribution in [2.75, 3.05) is 7.05 Å². The molecule has 26 heavy (non-hydrogen) atoms. The number of aryl methyl sites for hydroxylation is 1. The number of nitro groups is 1. The predicted molar refractivity (Wildman–Crippen MR) is 104 cm³/mol.